The van der Waals surface area contributed by atoms with Gasteiger partial charge in [-0.1, -0.05) is 12.6 Å². The molecule has 0 spiro atoms. The molecule has 0 aliphatic carbocycles. The maximum atomic E-state index is 14.9. The summed E-state index contributed by atoms with van der Waals surface area (Å²) in [7, 11) is 0. The van der Waals surface area contributed by atoms with Crippen LogP contribution in [0.5, 0.6) is 11.5 Å². The molecule has 178 valence electrons. The van der Waals surface area contributed by atoms with Crippen LogP contribution in [-0.2, 0) is 4.79 Å². The number of benzene rings is 2. The van der Waals surface area contributed by atoms with Gasteiger partial charge in [0.1, 0.15) is 5.75 Å². The molecule has 1 aliphatic rings. The van der Waals surface area contributed by atoms with E-state index < -0.39 is 17.5 Å². The first kappa shape index (κ1) is 22.6. The number of hydrogen-bond acceptors (Lipinski definition) is 4. The zero-order valence-corrected chi connectivity index (χ0v) is 18.6. The van der Waals surface area contributed by atoms with Crippen LogP contribution in [0.2, 0.25) is 0 Å². The molecule has 35 heavy (non-hydrogen) atoms. The largest absolute Gasteiger partial charge is 0.454 e. The smallest absolute Gasteiger partial charge is 0.245 e. The van der Waals surface area contributed by atoms with Gasteiger partial charge in [-0.3, -0.25) is 9.78 Å². The molecule has 1 saturated heterocycles. The van der Waals surface area contributed by atoms with Gasteiger partial charge in [0.25, 0.3) is 0 Å². The minimum Gasteiger partial charge on any atom is -0.454 e. The summed E-state index contributed by atoms with van der Waals surface area (Å²) in [5.74, 6) is -2.80. The summed E-state index contributed by atoms with van der Waals surface area (Å²) in [6, 6.07) is 10.2. The lowest BCUT2D eigenvalue weighted by Gasteiger charge is -2.31. The van der Waals surface area contributed by atoms with Crippen LogP contribution >= 0.6 is 0 Å². The number of rotatable bonds is 5. The third-order valence-electron chi connectivity index (χ3n) is 6.09. The van der Waals surface area contributed by atoms with E-state index >= 15 is 0 Å². The predicted molar refractivity (Wildman–Crippen MR) is 124 cm³/mol. The van der Waals surface area contributed by atoms with Gasteiger partial charge in [-0.25, -0.2) is 13.5 Å². The predicted octanol–water partition coefficient (Wildman–Crippen LogP) is 5.52. The average Bonchev–Trinajstić information content (AvgIpc) is 3.28. The highest BCUT2D eigenvalue weighted by Crippen LogP contribution is 2.34. The van der Waals surface area contributed by atoms with Crippen LogP contribution < -0.4 is 4.74 Å². The minimum atomic E-state index is -1.07. The van der Waals surface area contributed by atoms with E-state index in [1.807, 2.05) is 0 Å². The number of carbonyl (C=O) groups is 1. The van der Waals surface area contributed by atoms with Crippen molar-refractivity contribution in [3.63, 3.8) is 0 Å². The number of aromatic nitrogens is 3. The highest BCUT2D eigenvalue weighted by Gasteiger charge is 2.29. The van der Waals surface area contributed by atoms with Crippen LogP contribution in [-0.4, -0.2) is 38.7 Å². The fraction of sp³-hybridized carbons (Fsp3) is 0.192. The molecule has 1 aliphatic heterocycles. The number of halogens is 3. The molecule has 1 amide bonds. The first-order valence-electron chi connectivity index (χ1n) is 11.1. The van der Waals surface area contributed by atoms with Crippen molar-refractivity contribution < 1.29 is 22.7 Å². The number of hydrogen-bond donors (Lipinski definition) is 0. The lowest BCUT2D eigenvalue weighted by molar-refractivity contribution is -0.127. The highest BCUT2D eigenvalue weighted by molar-refractivity contribution is 5.87. The maximum absolute atomic E-state index is 14.9. The summed E-state index contributed by atoms with van der Waals surface area (Å²) in [4.78, 5) is 17.8. The Labute approximate surface area is 199 Å². The van der Waals surface area contributed by atoms with E-state index in [0.29, 0.717) is 41.1 Å². The van der Waals surface area contributed by atoms with E-state index in [2.05, 4.69) is 11.6 Å². The van der Waals surface area contributed by atoms with E-state index in [9.17, 15) is 18.0 Å². The fourth-order valence-corrected chi connectivity index (χ4v) is 4.41. The first-order chi connectivity index (χ1) is 17.0. The number of pyridine rings is 1. The summed E-state index contributed by atoms with van der Waals surface area (Å²) in [5, 5.41) is 5.09. The molecule has 1 fully saturated rings. The van der Waals surface area contributed by atoms with Crippen LogP contribution in [0.15, 0.2) is 67.5 Å². The quantitative estimate of drug-likeness (QED) is 0.355. The van der Waals surface area contributed by atoms with Crippen molar-refractivity contribution in [1.29, 1.82) is 0 Å². The number of nitrogens with zero attached hydrogens (tertiary/aromatic N) is 4. The third kappa shape index (κ3) is 4.25. The van der Waals surface area contributed by atoms with Crippen molar-refractivity contribution in [2.24, 2.45) is 0 Å². The third-order valence-corrected chi connectivity index (χ3v) is 6.09. The van der Waals surface area contributed by atoms with Crippen LogP contribution in [0.3, 0.4) is 0 Å². The second-order valence-electron chi connectivity index (χ2n) is 8.29. The number of likely N-dealkylation sites (tertiary alicyclic amines) is 1. The van der Waals surface area contributed by atoms with Crippen LogP contribution in [0, 0.1) is 17.5 Å². The van der Waals surface area contributed by atoms with Gasteiger partial charge < -0.3 is 9.64 Å². The number of fused-ring (bicyclic) bond motifs is 1. The molecule has 6 nitrogen and oxygen atoms in total. The lowest BCUT2D eigenvalue weighted by atomic mass is 9.93. The summed E-state index contributed by atoms with van der Waals surface area (Å²) < 4.78 is 49.4. The van der Waals surface area contributed by atoms with Crippen LogP contribution in [0.4, 0.5) is 13.2 Å². The van der Waals surface area contributed by atoms with Crippen molar-refractivity contribution in [3.8, 4) is 17.2 Å². The molecule has 0 N–H and O–H groups in total. The Morgan fingerprint density at radius 2 is 1.89 bits per heavy atom. The van der Waals surface area contributed by atoms with Gasteiger partial charge in [-0.2, -0.15) is 9.49 Å². The van der Waals surface area contributed by atoms with Gasteiger partial charge in [-0.05, 0) is 55.3 Å². The summed E-state index contributed by atoms with van der Waals surface area (Å²) in [5.41, 5.74) is 1.65. The number of ether oxygens (including phenoxy) is 1. The molecule has 0 saturated carbocycles. The Morgan fingerprint density at radius 1 is 1.09 bits per heavy atom. The lowest BCUT2D eigenvalue weighted by Crippen LogP contribution is -2.38. The second-order valence-corrected chi connectivity index (χ2v) is 8.29. The van der Waals surface area contributed by atoms with Crippen molar-refractivity contribution in [3.05, 3.63) is 90.7 Å². The monoisotopic (exact) mass is 478 g/mol. The fourth-order valence-electron chi connectivity index (χ4n) is 4.41. The molecule has 9 heteroatoms. The maximum Gasteiger partial charge on any atom is 0.245 e. The normalized spacial score (nSPS) is 15.9. The van der Waals surface area contributed by atoms with Crippen molar-refractivity contribution in [2.75, 3.05) is 13.1 Å². The van der Waals surface area contributed by atoms with Gasteiger partial charge in [0.15, 0.2) is 17.4 Å². The van der Waals surface area contributed by atoms with Crippen LogP contribution in [0.1, 0.15) is 24.5 Å². The molecular formula is C26H21F3N4O2. The van der Waals surface area contributed by atoms with Crippen molar-refractivity contribution >= 4 is 16.8 Å². The Hall–Kier alpha value is -4.14. The Kier molecular flexibility index (Phi) is 5.98. The summed E-state index contributed by atoms with van der Waals surface area (Å²) in [6.45, 7) is 4.60. The molecule has 2 aromatic heterocycles. The van der Waals surface area contributed by atoms with Gasteiger partial charge in [-0.15, -0.1) is 0 Å². The van der Waals surface area contributed by atoms with E-state index in [0.717, 1.165) is 25.1 Å². The zero-order valence-electron chi connectivity index (χ0n) is 18.6. The molecule has 5 rings (SSSR count). The van der Waals surface area contributed by atoms with E-state index in [-0.39, 0.29) is 17.6 Å². The summed E-state index contributed by atoms with van der Waals surface area (Å²) >= 11 is 0. The molecule has 4 aromatic rings. The molecule has 1 atom stereocenters. The first-order valence-corrected chi connectivity index (χ1v) is 11.1. The van der Waals surface area contributed by atoms with Gasteiger partial charge >= 0.3 is 0 Å². The van der Waals surface area contributed by atoms with Gasteiger partial charge in [0.2, 0.25) is 11.7 Å². The number of piperidine rings is 1. The van der Waals surface area contributed by atoms with E-state index in [1.165, 1.54) is 24.4 Å². The van der Waals surface area contributed by atoms with E-state index in [1.54, 1.807) is 33.8 Å². The van der Waals surface area contributed by atoms with Gasteiger partial charge in [0.05, 0.1) is 34.7 Å². The molecular weight excluding hydrogens is 457 g/mol. The van der Waals surface area contributed by atoms with Crippen LogP contribution in [0.25, 0.3) is 16.6 Å². The topological polar surface area (TPSA) is 60.2 Å². The molecule has 0 unspecified atom stereocenters. The Balaban J connectivity index is 1.49. The molecule has 0 bridgehead atoms. The average molecular weight is 478 g/mol. The Morgan fingerprint density at radius 3 is 2.66 bits per heavy atom. The van der Waals surface area contributed by atoms with Crippen molar-refractivity contribution in [1.82, 2.24) is 19.7 Å². The molecule has 3 heterocycles. The van der Waals surface area contributed by atoms with E-state index in [4.69, 9.17) is 9.84 Å². The Bertz CT molecular complexity index is 1420. The SMILES string of the molecule is C=CC(=O)N1CCC[C@H](c2nn(-c3ccc(Oc4cccc(F)c4F)cc3)c3cncc(F)c23)C1. The second kappa shape index (κ2) is 9.25. The number of carbonyl (C=O) groups excluding carboxylic acids is 1. The minimum absolute atomic E-state index is 0.146. The number of amides is 1. The standard InChI is InChI=1S/C26H21F3N4O2/c1-2-23(34)32-12-4-5-16(15-32)26-24-20(28)13-30-14-21(24)33(31-26)17-8-10-18(11-9-17)35-22-7-3-6-19(27)25(22)29/h2-3,6-11,13-14,16H,1,4-5,12,15H2/t16-/m0/s1. The summed E-state index contributed by atoms with van der Waals surface area (Å²) in [6.07, 6.45) is 5.51. The zero-order chi connectivity index (χ0) is 24.5. The highest BCUT2D eigenvalue weighted by atomic mass is 19.2. The van der Waals surface area contributed by atoms with Gasteiger partial charge in [0, 0.05) is 19.0 Å². The molecule has 0 radical (unpaired) electrons. The van der Waals surface area contributed by atoms with Crippen molar-refractivity contribution in [2.45, 2.75) is 18.8 Å². The molecule has 2 aromatic carbocycles.